The Kier molecular flexibility index (Phi) is 5.54. The van der Waals surface area contributed by atoms with Crippen LogP contribution in [0.5, 0.6) is 0 Å². The fourth-order valence-corrected chi connectivity index (χ4v) is 3.90. The van der Waals surface area contributed by atoms with E-state index in [4.69, 9.17) is 6.42 Å². The Balaban J connectivity index is 2.02. The van der Waals surface area contributed by atoms with Crippen LogP contribution in [0.15, 0.2) is 30.3 Å². The highest BCUT2D eigenvalue weighted by atomic mass is 16.2. The van der Waals surface area contributed by atoms with Gasteiger partial charge in [-0.1, -0.05) is 24.1 Å². The number of benzene rings is 1. The van der Waals surface area contributed by atoms with Crippen molar-refractivity contribution in [1.82, 2.24) is 10.2 Å². The van der Waals surface area contributed by atoms with Crippen molar-refractivity contribution in [3.8, 4) is 12.3 Å². The van der Waals surface area contributed by atoms with Crippen molar-refractivity contribution in [2.75, 3.05) is 11.9 Å². The summed E-state index contributed by atoms with van der Waals surface area (Å²) in [6.45, 7) is 9.04. The third-order valence-electron chi connectivity index (χ3n) is 4.78. The molecular weight excluding hydrogens is 314 g/mol. The minimum atomic E-state index is -0.645. The largest absolute Gasteiger partial charge is 0.345 e. The first-order chi connectivity index (χ1) is 11.7. The molecule has 25 heavy (non-hydrogen) atoms. The highest BCUT2D eigenvalue weighted by Crippen LogP contribution is 2.37. The number of carbonyl (C=O) groups excluding carboxylic acids is 2. The van der Waals surface area contributed by atoms with Crippen LogP contribution in [0, 0.1) is 12.3 Å². The van der Waals surface area contributed by atoms with Crippen molar-refractivity contribution >= 4 is 17.5 Å². The number of piperidine rings is 1. The van der Waals surface area contributed by atoms with Crippen LogP contribution in [0.25, 0.3) is 0 Å². The lowest BCUT2D eigenvalue weighted by Crippen LogP contribution is -2.64. The summed E-state index contributed by atoms with van der Waals surface area (Å²) in [6.07, 6.45) is 6.99. The number of hydrogen-bond acceptors (Lipinski definition) is 3. The van der Waals surface area contributed by atoms with Gasteiger partial charge in [-0.2, -0.15) is 0 Å². The molecule has 1 aliphatic rings. The van der Waals surface area contributed by atoms with Gasteiger partial charge in [-0.05, 0) is 52.7 Å². The van der Waals surface area contributed by atoms with E-state index in [1.807, 2.05) is 6.07 Å². The Hall–Kier alpha value is -2.32. The van der Waals surface area contributed by atoms with Gasteiger partial charge in [0.25, 0.3) is 0 Å². The minimum absolute atomic E-state index is 0.0759. The molecular formula is C20H27N3O2. The molecule has 1 aliphatic heterocycles. The lowest BCUT2D eigenvalue weighted by molar-refractivity contribution is -0.137. The lowest BCUT2D eigenvalue weighted by atomic mass is 9.77. The standard InChI is InChI=1S/C20H27N3O2/c1-6-12-23-19(2,3)13-16(14-20(23,4)5)22-18(25)17(24)21-15-10-8-7-9-11-15/h1,7-11,16H,12-14H2,2-5H3,(H,21,24)(H,22,25). The van der Waals surface area contributed by atoms with Gasteiger partial charge in [-0.25, -0.2) is 0 Å². The zero-order valence-electron chi connectivity index (χ0n) is 15.4. The van der Waals surface area contributed by atoms with E-state index in [0.717, 1.165) is 12.8 Å². The Morgan fingerprint density at radius 3 is 2.20 bits per heavy atom. The fraction of sp³-hybridized carbons (Fsp3) is 0.500. The van der Waals surface area contributed by atoms with Gasteiger partial charge in [-0.3, -0.25) is 14.5 Å². The molecule has 0 saturated carbocycles. The van der Waals surface area contributed by atoms with E-state index in [9.17, 15) is 9.59 Å². The van der Waals surface area contributed by atoms with Crippen molar-refractivity contribution in [3.63, 3.8) is 0 Å². The van der Waals surface area contributed by atoms with E-state index in [1.165, 1.54) is 0 Å². The molecule has 134 valence electrons. The number of amides is 2. The predicted molar refractivity (Wildman–Crippen MR) is 99.9 cm³/mol. The fourth-order valence-electron chi connectivity index (χ4n) is 3.90. The van der Waals surface area contributed by atoms with E-state index in [-0.39, 0.29) is 17.1 Å². The number of para-hydroxylation sites is 1. The second-order valence-electron chi connectivity index (χ2n) is 7.81. The van der Waals surface area contributed by atoms with E-state index >= 15 is 0 Å². The Bertz CT molecular complexity index is 656. The zero-order chi connectivity index (χ0) is 18.7. The molecule has 0 radical (unpaired) electrons. The molecule has 1 saturated heterocycles. The van der Waals surface area contributed by atoms with Crippen LogP contribution in [0.2, 0.25) is 0 Å². The summed E-state index contributed by atoms with van der Waals surface area (Å²) in [5, 5.41) is 5.50. The molecule has 2 rings (SSSR count). The second-order valence-corrected chi connectivity index (χ2v) is 7.81. The lowest BCUT2D eigenvalue weighted by Gasteiger charge is -2.54. The maximum absolute atomic E-state index is 12.3. The number of hydrogen-bond donors (Lipinski definition) is 2. The monoisotopic (exact) mass is 341 g/mol. The van der Waals surface area contributed by atoms with Gasteiger partial charge < -0.3 is 10.6 Å². The number of likely N-dealkylation sites (tertiary alicyclic amines) is 1. The van der Waals surface area contributed by atoms with Gasteiger partial charge >= 0.3 is 11.8 Å². The average Bonchev–Trinajstić information content (AvgIpc) is 2.51. The first kappa shape index (κ1) is 19.0. The molecule has 0 atom stereocenters. The number of terminal acetylenes is 1. The van der Waals surface area contributed by atoms with Gasteiger partial charge in [0.1, 0.15) is 0 Å². The number of nitrogens with one attached hydrogen (secondary N) is 2. The summed E-state index contributed by atoms with van der Waals surface area (Å²) in [5.41, 5.74) is 0.274. The predicted octanol–water partition coefficient (Wildman–Crippen LogP) is 2.40. The first-order valence-electron chi connectivity index (χ1n) is 8.54. The van der Waals surface area contributed by atoms with Crippen LogP contribution >= 0.6 is 0 Å². The number of carbonyl (C=O) groups is 2. The molecule has 1 aromatic rings. The molecule has 0 unspecified atom stereocenters. The second kappa shape index (κ2) is 7.28. The topological polar surface area (TPSA) is 61.4 Å². The van der Waals surface area contributed by atoms with Crippen LogP contribution in [-0.2, 0) is 9.59 Å². The highest BCUT2D eigenvalue weighted by molar-refractivity contribution is 6.39. The number of anilines is 1. The Labute approximate surface area is 150 Å². The van der Waals surface area contributed by atoms with Crippen LogP contribution in [-0.4, -0.2) is 40.4 Å². The molecule has 5 heteroatoms. The molecule has 0 bridgehead atoms. The van der Waals surface area contributed by atoms with E-state index < -0.39 is 11.8 Å². The van der Waals surface area contributed by atoms with Crippen LogP contribution in [0.4, 0.5) is 5.69 Å². The number of nitrogens with zero attached hydrogens (tertiary/aromatic N) is 1. The van der Waals surface area contributed by atoms with Crippen molar-refractivity contribution in [1.29, 1.82) is 0 Å². The van der Waals surface area contributed by atoms with Gasteiger partial charge in [-0.15, -0.1) is 6.42 Å². The maximum atomic E-state index is 12.3. The summed E-state index contributed by atoms with van der Waals surface area (Å²) < 4.78 is 0. The third-order valence-corrected chi connectivity index (χ3v) is 4.78. The van der Waals surface area contributed by atoms with Gasteiger partial charge in [0, 0.05) is 22.8 Å². The maximum Gasteiger partial charge on any atom is 0.313 e. The minimum Gasteiger partial charge on any atom is -0.345 e. The van der Waals surface area contributed by atoms with Crippen LogP contribution < -0.4 is 10.6 Å². The first-order valence-corrected chi connectivity index (χ1v) is 8.54. The quantitative estimate of drug-likeness (QED) is 0.655. The van der Waals surface area contributed by atoms with Gasteiger partial charge in [0.15, 0.2) is 0 Å². The molecule has 1 aromatic carbocycles. The SMILES string of the molecule is C#CCN1C(C)(C)CC(NC(=O)C(=O)Nc2ccccc2)CC1(C)C. The van der Waals surface area contributed by atoms with Crippen molar-refractivity contribution in [2.45, 2.75) is 57.7 Å². The van der Waals surface area contributed by atoms with E-state index in [2.05, 4.69) is 49.1 Å². The summed E-state index contributed by atoms with van der Waals surface area (Å²) >= 11 is 0. The van der Waals surface area contributed by atoms with E-state index in [0.29, 0.717) is 12.2 Å². The van der Waals surface area contributed by atoms with Crippen molar-refractivity contribution in [3.05, 3.63) is 30.3 Å². The zero-order valence-corrected chi connectivity index (χ0v) is 15.4. The summed E-state index contributed by atoms with van der Waals surface area (Å²) in [6, 6.07) is 8.88. The highest BCUT2D eigenvalue weighted by Gasteiger charge is 2.45. The third kappa shape index (κ3) is 4.61. The van der Waals surface area contributed by atoms with Crippen molar-refractivity contribution < 1.29 is 9.59 Å². The molecule has 2 amide bonds. The summed E-state index contributed by atoms with van der Waals surface area (Å²) in [5.74, 6) is 1.47. The van der Waals surface area contributed by atoms with Crippen LogP contribution in [0.3, 0.4) is 0 Å². The molecule has 1 fully saturated rings. The molecule has 0 aromatic heterocycles. The van der Waals surface area contributed by atoms with Crippen molar-refractivity contribution in [2.24, 2.45) is 0 Å². The van der Waals surface area contributed by atoms with E-state index in [1.54, 1.807) is 24.3 Å². The molecule has 0 aliphatic carbocycles. The Morgan fingerprint density at radius 1 is 1.12 bits per heavy atom. The Morgan fingerprint density at radius 2 is 1.68 bits per heavy atom. The summed E-state index contributed by atoms with van der Waals surface area (Å²) in [4.78, 5) is 26.7. The normalized spacial score (nSPS) is 19.6. The number of rotatable bonds is 3. The van der Waals surface area contributed by atoms with Crippen LogP contribution in [0.1, 0.15) is 40.5 Å². The molecule has 0 spiro atoms. The molecule has 5 nitrogen and oxygen atoms in total. The molecule has 1 heterocycles. The molecule has 2 N–H and O–H groups in total. The summed E-state index contributed by atoms with van der Waals surface area (Å²) in [7, 11) is 0. The van der Waals surface area contributed by atoms with Gasteiger partial charge in [0.2, 0.25) is 0 Å². The average molecular weight is 341 g/mol. The van der Waals surface area contributed by atoms with Gasteiger partial charge in [0.05, 0.1) is 6.54 Å². The smallest absolute Gasteiger partial charge is 0.313 e.